The molecule has 0 spiro atoms. The van der Waals surface area contributed by atoms with Gasteiger partial charge in [-0.1, -0.05) is 53.5 Å². The summed E-state index contributed by atoms with van der Waals surface area (Å²) >= 11 is 17.0. The second-order valence-corrected chi connectivity index (χ2v) is 8.71. The van der Waals surface area contributed by atoms with Gasteiger partial charge in [-0.15, -0.1) is 4.40 Å². The minimum Gasteiger partial charge on any atom is -0.332 e. The molecule has 0 fully saturated rings. The molecule has 0 saturated heterocycles. The second kappa shape index (κ2) is 9.37. The highest BCUT2D eigenvalue weighted by Gasteiger charge is 2.16. The van der Waals surface area contributed by atoms with E-state index in [1.165, 1.54) is 24.3 Å². The van der Waals surface area contributed by atoms with Gasteiger partial charge in [-0.25, -0.2) is 0 Å². The van der Waals surface area contributed by atoms with Crippen LogP contribution in [0.25, 0.3) is 0 Å². The molecule has 0 aliphatic heterocycles. The van der Waals surface area contributed by atoms with Crippen LogP contribution in [0.2, 0.25) is 10.0 Å². The van der Waals surface area contributed by atoms with E-state index in [9.17, 15) is 8.42 Å². The van der Waals surface area contributed by atoms with Crippen molar-refractivity contribution in [1.82, 2.24) is 5.32 Å². The van der Waals surface area contributed by atoms with E-state index >= 15 is 0 Å². The Morgan fingerprint density at radius 3 is 1.97 bits per heavy atom. The lowest BCUT2D eigenvalue weighted by Gasteiger charge is -2.13. The molecule has 5 nitrogen and oxygen atoms in total. The predicted octanol–water partition coefficient (Wildman–Crippen LogP) is 5.12. The molecule has 0 aliphatic carbocycles. The summed E-state index contributed by atoms with van der Waals surface area (Å²) in [7, 11) is -3.99. The summed E-state index contributed by atoms with van der Waals surface area (Å²) in [6, 6.07) is 21.5. The molecule has 3 aromatic rings. The Hall–Kier alpha value is -2.45. The van der Waals surface area contributed by atoms with Gasteiger partial charge in [0.1, 0.15) is 0 Å². The summed E-state index contributed by atoms with van der Waals surface area (Å²) in [6.07, 6.45) is 0. The first kappa shape index (κ1) is 21.3. The van der Waals surface area contributed by atoms with Crippen LogP contribution in [0.3, 0.4) is 0 Å². The van der Waals surface area contributed by atoms with Gasteiger partial charge < -0.3 is 10.6 Å². The minimum atomic E-state index is -3.99. The third-order valence-corrected chi connectivity index (χ3v) is 5.70. The molecule has 3 aromatic carbocycles. The fourth-order valence-electron chi connectivity index (χ4n) is 2.33. The van der Waals surface area contributed by atoms with Gasteiger partial charge in [0.15, 0.2) is 10.9 Å². The van der Waals surface area contributed by atoms with E-state index < -0.39 is 10.0 Å². The lowest BCUT2D eigenvalue weighted by Crippen LogP contribution is -2.35. The monoisotopic (exact) mass is 463 g/mol. The van der Waals surface area contributed by atoms with Crippen LogP contribution < -0.4 is 10.6 Å². The Labute approximate surface area is 184 Å². The van der Waals surface area contributed by atoms with Crippen molar-refractivity contribution in [1.29, 1.82) is 0 Å². The molecule has 0 atom stereocenters. The molecule has 0 aromatic heterocycles. The molecule has 0 heterocycles. The van der Waals surface area contributed by atoms with Gasteiger partial charge >= 0.3 is 0 Å². The fraction of sp³-hybridized carbons (Fsp3) is 0. The maximum atomic E-state index is 12.8. The van der Waals surface area contributed by atoms with Crippen molar-refractivity contribution >= 4 is 62.1 Å². The van der Waals surface area contributed by atoms with Crippen molar-refractivity contribution < 1.29 is 8.42 Å². The SMILES string of the molecule is O=S(=O)(/N=C(/NC(=S)Nc1ccc(Cl)cc1)c1ccccc1)c1ccc(Cl)cc1. The summed E-state index contributed by atoms with van der Waals surface area (Å²) in [4.78, 5) is 0.0220. The molecule has 0 aliphatic rings. The van der Waals surface area contributed by atoms with E-state index in [0.717, 1.165) is 0 Å². The minimum absolute atomic E-state index is 0.0220. The quantitative estimate of drug-likeness (QED) is 0.319. The van der Waals surface area contributed by atoms with Crippen molar-refractivity contribution in [2.24, 2.45) is 4.40 Å². The number of sulfonamides is 1. The Balaban J connectivity index is 1.90. The van der Waals surface area contributed by atoms with Gasteiger partial charge in [-0.2, -0.15) is 8.42 Å². The van der Waals surface area contributed by atoms with E-state index in [4.69, 9.17) is 35.4 Å². The van der Waals surface area contributed by atoms with Crippen LogP contribution >= 0.6 is 35.4 Å². The molecule has 29 heavy (non-hydrogen) atoms. The van der Waals surface area contributed by atoms with Crippen molar-refractivity contribution in [3.05, 3.63) is 94.5 Å². The summed E-state index contributed by atoms with van der Waals surface area (Å²) < 4.78 is 29.5. The number of hydrogen-bond acceptors (Lipinski definition) is 3. The Morgan fingerprint density at radius 2 is 1.38 bits per heavy atom. The zero-order chi connectivity index (χ0) is 20.9. The Morgan fingerprint density at radius 1 is 0.828 bits per heavy atom. The summed E-state index contributed by atoms with van der Waals surface area (Å²) in [5, 5.41) is 7.04. The first-order valence-corrected chi connectivity index (χ1v) is 10.9. The first-order chi connectivity index (χ1) is 13.8. The van der Waals surface area contributed by atoms with Crippen LogP contribution in [0, 0.1) is 0 Å². The molecule has 3 rings (SSSR count). The molecule has 0 amide bonds. The summed E-state index contributed by atoms with van der Waals surface area (Å²) in [5.74, 6) is 0.0898. The van der Waals surface area contributed by atoms with Crippen LogP contribution in [0.5, 0.6) is 0 Å². The number of anilines is 1. The largest absolute Gasteiger partial charge is 0.332 e. The molecule has 148 valence electrons. The third-order valence-electron chi connectivity index (χ3n) is 3.70. The number of nitrogens with one attached hydrogen (secondary N) is 2. The maximum Gasteiger partial charge on any atom is 0.284 e. The van der Waals surface area contributed by atoms with Gasteiger partial charge in [0, 0.05) is 21.3 Å². The van der Waals surface area contributed by atoms with Crippen LogP contribution in [0.4, 0.5) is 5.69 Å². The third kappa shape index (κ3) is 6.01. The van der Waals surface area contributed by atoms with E-state index in [-0.39, 0.29) is 15.8 Å². The maximum absolute atomic E-state index is 12.8. The Bertz CT molecular complexity index is 1130. The highest BCUT2D eigenvalue weighted by Crippen LogP contribution is 2.17. The topological polar surface area (TPSA) is 70.6 Å². The molecule has 0 saturated carbocycles. The van der Waals surface area contributed by atoms with Gasteiger partial charge in [0.25, 0.3) is 10.0 Å². The molecule has 0 bridgehead atoms. The van der Waals surface area contributed by atoms with Crippen molar-refractivity contribution in [2.45, 2.75) is 4.90 Å². The standard InChI is InChI=1S/C20H15Cl2N3O2S2/c21-15-6-10-17(11-7-15)23-20(28)24-19(14-4-2-1-3-5-14)25-29(26,27)18-12-8-16(22)9-13-18/h1-13H,(H2,23,24,25,28). The first-order valence-electron chi connectivity index (χ1n) is 8.33. The van der Waals surface area contributed by atoms with E-state index in [1.54, 1.807) is 48.5 Å². The van der Waals surface area contributed by atoms with Gasteiger partial charge in [0.2, 0.25) is 0 Å². The zero-order valence-corrected chi connectivity index (χ0v) is 18.0. The molecule has 0 unspecified atom stereocenters. The summed E-state index contributed by atoms with van der Waals surface area (Å²) in [5.41, 5.74) is 1.25. The average molecular weight is 464 g/mol. The summed E-state index contributed by atoms with van der Waals surface area (Å²) in [6.45, 7) is 0. The van der Waals surface area contributed by atoms with E-state index in [1.807, 2.05) is 6.07 Å². The van der Waals surface area contributed by atoms with Crippen LogP contribution in [0.1, 0.15) is 5.56 Å². The zero-order valence-electron chi connectivity index (χ0n) is 14.8. The smallest absolute Gasteiger partial charge is 0.284 e. The molecule has 0 radical (unpaired) electrons. The van der Waals surface area contributed by atoms with Crippen molar-refractivity contribution in [2.75, 3.05) is 5.32 Å². The lowest BCUT2D eigenvalue weighted by molar-refractivity contribution is 0.598. The van der Waals surface area contributed by atoms with Crippen LogP contribution in [-0.4, -0.2) is 19.4 Å². The average Bonchev–Trinajstić information content (AvgIpc) is 2.70. The van der Waals surface area contributed by atoms with Crippen molar-refractivity contribution in [3.63, 3.8) is 0 Å². The number of hydrogen-bond donors (Lipinski definition) is 2. The molecular weight excluding hydrogens is 449 g/mol. The number of rotatable bonds is 4. The van der Waals surface area contributed by atoms with Crippen molar-refractivity contribution in [3.8, 4) is 0 Å². The molecule has 2 N–H and O–H groups in total. The number of amidine groups is 1. The van der Waals surface area contributed by atoms with E-state index in [2.05, 4.69) is 15.0 Å². The number of benzene rings is 3. The number of thiocarbonyl (C=S) groups is 1. The molecule has 9 heteroatoms. The molecular formula is C20H15Cl2N3O2S2. The van der Waals surface area contributed by atoms with Gasteiger partial charge in [0.05, 0.1) is 4.90 Å². The second-order valence-electron chi connectivity index (χ2n) is 5.82. The number of nitrogens with zero attached hydrogens (tertiary/aromatic N) is 1. The van der Waals surface area contributed by atoms with E-state index in [0.29, 0.717) is 21.3 Å². The van der Waals surface area contributed by atoms with Gasteiger partial charge in [-0.3, -0.25) is 0 Å². The lowest BCUT2D eigenvalue weighted by atomic mass is 10.2. The van der Waals surface area contributed by atoms with Gasteiger partial charge in [-0.05, 0) is 60.7 Å². The highest BCUT2D eigenvalue weighted by molar-refractivity contribution is 7.90. The van der Waals surface area contributed by atoms with Crippen LogP contribution in [-0.2, 0) is 10.0 Å². The normalized spacial score (nSPS) is 11.7. The Kier molecular flexibility index (Phi) is 6.87. The fourth-order valence-corrected chi connectivity index (χ4v) is 3.77. The predicted molar refractivity (Wildman–Crippen MR) is 122 cm³/mol. The highest BCUT2D eigenvalue weighted by atomic mass is 35.5. The number of halogens is 2. The van der Waals surface area contributed by atoms with Crippen LogP contribution in [0.15, 0.2) is 88.2 Å².